The summed E-state index contributed by atoms with van der Waals surface area (Å²) in [4.78, 5) is 0. The highest BCUT2D eigenvalue weighted by molar-refractivity contribution is 7.30. The van der Waals surface area contributed by atoms with E-state index in [1.807, 2.05) is 0 Å². The minimum absolute atomic E-state index is 0.341. The summed E-state index contributed by atoms with van der Waals surface area (Å²) in [6, 6.07) is 0. The molecule has 3 rings (SSSR count). The van der Waals surface area contributed by atoms with Crippen LogP contribution in [0.4, 0.5) is 0 Å². The van der Waals surface area contributed by atoms with Crippen molar-refractivity contribution in [3.63, 3.8) is 0 Å². The van der Waals surface area contributed by atoms with E-state index in [9.17, 15) is 0 Å². The van der Waals surface area contributed by atoms with Gasteiger partial charge in [0.05, 0.1) is 22.4 Å². The fourth-order valence-corrected chi connectivity index (χ4v) is 4.23. The summed E-state index contributed by atoms with van der Waals surface area (Å²) in [7, 11) is -0.685. The van der Waals surface area contributed by atoms with Gasteiger partial charge in [0.1, 0.15) is 0 Å². The Morgan fingerprint density at radius 1 is 0.560 bits per heavy atom. The molecule has 0 bridgehead atoms. The Kier molecular flexibility index (Phi) is 4.34. The normalized spacial score (nSPS) is 26.5. The van der Waals surface area contributed by atoms with Gasteiger partial charge >= 0.3 is 14.2 Å². The molecule has 0 aromatic carbocycles. The molecule has 138 valence electrons. The summed E-state index contributed by atoms with van der Waals surface area (Å²) >= 11 is 1.68. The van der Waals surface area contributed by atoms with Gasteiger partial charge in [-0.05, 0) is 80.4 Å². The Labute approximate surface area is 156 Å². The maximum Gasteiger partial charge on any atom is 0.505 e. The van der Waals surface area contributed by atoms with Gasteiger partial charge in [-0.25, -0.2) is 0 Å². The second kappa shape index (κ2) is 5.58. The van der Waals surface area contributed by atoms with Gasteiger partial charge < -0.3 is 18.6 Å². The van der Waals surface area contributed by atoms with E-state index in [4.69, 9.17) is 18.6 Å². The molecule has 2 aliphatic rings. The summed E-state index contributed by atoms with van der Waals surface area (Å²) in [5.74, 6) is 0. The van der Waals surface area contributed by atoms with E-state index in [1.54, 1.807) is 11.3 Å². The molecule has 4 nitrogen and oxygen atoms in total. The van der Waals surface area contributed by atoms with E-state index >= 15 is 0 Å². The molecule has 1 aromatic heterocycles. The van der Waals surface area contributed by atoms with Crippen molar-refractivity contribution in [2.45, 2.75) is 91.6 Å². The van der Waals surface area contributed by atoms with Gasteiger partial charge in [0, 0.05) is 9.55 Å². The summed E-state index contributed by atoms with van der Waals surface area (Å²) in [6.07, 6.45) is 0. The molecule has 0 aliphatic carbocycles. The van der Waals surface area contributed by atoms with Crippen molar-refractivity contribution in [3.05, 3.63) is 11.1 Å². The molecule has 25 heavy (non-hydrogen) atoms. The van der Waals surface area contributed by atoms with Gasteiger partial charge in [-0.1, -0.05) is 0 Å². The molecule has 1 aromatic rings. The standard InChI is InChI=1S/C18H30B2O4S/c1-11-12(2)14(20-23-17(7,8)18(9,10)24-20)25-13(11)19-21-15(3,4)16(5,6)22-19/h1-10H3. The topological polar surface area (TPSA) is 36.9 Å². The maximum atomic E-state index is 6.25. The van der Waals surface area contributed by atoms with Crippen molar-refractivity contribution in [2.75, 3.05) is 0 Å². The number of thiophene rings is 1. The molecular weight excluding hydrogens is 334 g/mol. The lowest BCUT2D eigenvalue weighted by atomic mass is 9.80. The monoisotopic (exact) mass is 364 g/mol. The fourth-order valence-electron chi connectivity index (χ4n) is 2.99. The third-order valence-electron chi connectivity index (χ3n) is 6.46. The first-order valence-corrected chi connectivity index (χ1v) is 9.81. The van der Waals surface area contributed by atoms with Crippen LogP contribution < -0.4 is 9.55 Å². The molecule has 0 atom stereocenters. The molecular formula is C18H30B2O4S. The molecule has 7 heteroatoms. The highest BCUT2D eigenvalue weighted by Crippen LogP contribution is 2.39. The third-order valence-corrected chi connectivity index (χ3v) is 7.89. The van der Waals surface area contributed by atoms with Crippen molar-refractivity contribution in [1.29, 1.82) is 0 Å². The van der Waals surface area contributed by atoms with Crippen molar-refractivity contribution in [2.24, 2.45) is 0 Å². The lowest BCUT2D eigenvalue weighted by molar-refractivity contribution is 0.00578. The molecule has 0 radical (unpaired) electrons. The smallest absolute Gasteiger partial charge is 0.399 e. The summed E-state index contributed by atoms with van der Waals surface area (Å²) in [5.41, 5.74) is 1.04. The Bertz CT molecular complexity index is 605. The van der Waals surface area contributed by atoms with Gasteiger partial charge in [-0.15, -0.1) is 0 Å². The molecule has 2 aliphatic heterocycles. The quantitative estimate of drug-likeness (QED) is 0.757. The Morgan fingerprint density at radius 2 is 0.800 bits per heavy atom. The van der Waals surface area contributed by atoms with Crippen LogP contribution in [0.15, 0.2) is 0 Å². The van der Waals surface area contributed by atoms with Crippen molar-refractivity contribution < 1.29 is 18.6 Å². The molecule has 2 fully saturated rings. The highest BCUT2D eigenvalue weighted by Gasteiger charge is 2.55. The first kappa shape index (κ1) is 19.4. The molecule has 0 N–H and O–H groups in total. The summed E-state index contributed by atoms with van der Waals surface area (Å²) in [5, 5.41) is 0. The molecule has 0 spiro atoms. The van der Waals surface area contributed by atoms with E-state index in [-0.39, 0.29) is 36.6 Å². The van der Waals surface area contributed by atoms with E-state index in [1.165, 1.54) is 11.1 Å². The molecule has 0 amide bonds. The van der Waals surface area contributed by atoms with E-state index < -0.39 is 0 Å². The lowest BCUT2D eigenvalue weighted by Gasteiger charge is -2.32. The molecule has 3 heterocycles. The minimum atomic E-state index is -0.343. The SMILES string of the molecule is Cc1c(B2OC(C)(C)C(C)(C)O2)sc(B2OC(C)(C)C(C)(C)O2)c1C. The van der Waals surface area contributed by atoms with Crippen LogP contribution in [0.25, 0.3) is 0 Å². The second-order valence-corrected chi connectivity index (χ2v) is 10.3. The Balaban J connectivity index is 1.93. The summed E-state index contributed by atoms with van der Waals surface area (Å²) < 4.78 is 27.2. The predicted molar refractivity (Wildman–Crippen MR) is 105 cm³/mol. The number of hydrogen-bond acceptors (Lipinski definition) is 5. The van der Waals surface area contributed by atoms with Crippen molar-refractivity contribution >= 4 is 35.1 Å². The van der Waals surface area contributed by atoms with E-state index in [2.05, 4.69) is 69.2 Å². The van der Waals surface area contributed by atoms with Crippen LogP contribution in [-0.2, 0) is 18.6 Å². The zero-order chi connectivity index (χ0) is 19.0. The third kappa shape index (κ3) is 2.92. The summed E-state index contributed by atoms with van der Waals surface area (Å²) in [6.45, 7) is 20.9. The largest absolute Gasteiger partial charge is 0.505 e. The molecule has 0 saturated carbocycles. The first-order chi connectivity index (χ1) is 11.2. The number of rotatable bonds is 2. The fraction of sp³-hybridized carbons (Fsp3) is 0.778. The van der Waals surface area contributed by atoms with Crippen molar-refractivity contribution in [1.82, 2.24) is 0 Å². The first-order valence-electron chi connectivity index (χ1n) is 8.99. The molecule has 2 saturated heterocycles. The second-order valence-electron chi connectivity index (χ2n) is 9.26. The van der Waals surface area contributed by atoms with Crippen LogP contribution in [0.1, 0.15) is 66.5 Å². The van der Waals surface area contributed by atoms with Crippen molar-refractivity contribution in [3.8, 4) is 0 Å². The minimum Gasteiger partial charge on any atom is -0.399 e. The van der Waals surface area contributed by atoms with Crippen LogP contribution in [0, 0.1) is 13.8 Å². The zero-order valence-corrected chi connectivity index (χ0v) is 18.0. The highest BCUT2D eigenvalue weighted by atomic mass is 32.1. The zero-order valence-electron chi connectivity index (χ0n) is 17.2. The van der Waals surface area contributed by atoms with Gasteiger partial charge in [0.25, 0.3) is 0 Å². The number of hydrogen-bond donors (Lipinski definition) is 0. The van der Waals surface area contributed by atoms with Crippen LogP contribution in [0.2, 0.25) is 0 Å². The average Bonchev–Trinajstić information content (AvgIpc) is 2.91. The average molecular weight is 364 g/mol. The van der Waals surface area contributed by atoms with E-state index in [0.717, 1.165) is 9.55 Å². The maximum absolute atomic E-state index is 6.25. The Hall–Kier alpha value is -0.330. The lowest BCUT2D eigenvalue weighted by Crippen LogP contribution is -2.41. The van der Waals surface area contributed by atoms with Crippen LogP contribution in [0.5, 0.6) is 0 Å². The van der Waals surface area contributed by atoms with Gasteiger partial charge in [0.2, 0.25) is 0 Å². The molecule has 0 unspecified atom stereocenters. The Morgan fingerprint density at radius 3 is 1.04 bits per heavy atom. The van der Waals surface area contributed by atoms with E-state index in [0.29, 0.717) is 0 Å². The van der Waals surface area contributed by atoms with Gasteiger partial charge in [-0.2, -0.15) is 11.3 Å². The van der Waals surface area contributed by atoms with Gasteiger partial charge in [-0.3, -0.25) is 0 Å². The van der Waals surface area contributed by atoms with Crippen LogP contribution in [0.3, 0.4) is 0 Å². The van der Waals surface area contributed by atoms with Gasteiger partial charge in [0.15, 0.2) is 0 Å². The van der Waals surface area contributed by atoms with Crippen LogP contribution in [-0.4, -0.2) is 36.6 Å². The van der Waals surface area contributed by atoms with Crippen LogP contribution >= 0.6 is 11.3 Å². The predicted octanol–water partition coefficient (Wildman–Crippen LogP) is 2.96.